The second kappa shape index (κ2) is 7.63. The second-order valence-corrected chi connectivity index (χ2v) is 3.80. The number of hydrogen-bond donors (Lipinski definition) is 1. The number of methoxy groups -OCH3 is 1. The summed E-state index contributed by atoms with van der Waals surface area (Å²) in [5, 5.41) is 3.17. The highest BCUT2D eigenvalue weighted by Crippen LogP contribution is 2.04. The van der Waals surface area contributed by atoms with Gasteiger partial charge in [0.2, 0.25) is 0 Å². The van der Waals surface area contributed by atoms with Crippen molar-refractivity contribution in [2.24, 2.45) is 0 Å². The number of hydrogen-bond acceptors (Lipinski definition) is 3. The highest BCUT2D eigenvalue weighted by Gasteiger charge is 2.18. The van der Waals surface area contributed by atoms with Crippen LogP contribution < -0.4 is 5.32 Å². The maximum Gasteiger partial charge on any atom is 0.323 e. The van der Waals surface area contributed by atoms with Crippen LogP contribution in [0.2, 0.25) is 0 Å². The van der Waals surface area contributed by atoms with Gasteiger partial charge in [-0.25, -0.2) is 0 Å². The van der Waals surface area contributed by atoms with Crippen LogP contribution in [0.15, 0.2) is 43.0 Å². The normalized spacial score (nSPS) is 11.8. The highest BCUT2D eigenvalue weighted by atomic mass is 16.5. The molecule has 1 N–H and O–H groups in total. The minimum Gasteiger partial charge on any atom is -0.468 e. The SMILES string of the molecule is C=CCCN[C@@H](Cc1ccccc1)C(=O)OC. The predicted molar refractivity (Wildman–Crippen MR) is 68.8 cm³/mol. The van der Waals surface area contributed by atoms with Crippen LogP contribution >= 0.6 is 0 Å². The number of rotatable bonds is 7. The Labute approximate surface area is 102 Å². The van der Waals surface area contributed by atoms with Crippen LogP contribution in [0.5, 0.6) is 0 Å². The molecule has 1 aromatic rings. The molecule has 0 aromatic heterocycles. The zero-order valence-corrected chi connectivity index (χ0v) is 10.2. The molecule has 0 aliphatic carbocycles. The Morgan fingerprint density at radius 3 is 2.76 bits per heavy atom. The van der Waals surface area contributed by atoms with Crippen molar-refractivity contribution in [2.45, 2.75) is 18.9 Å². The molecule has 1 rings (SSSR count). The molecule has 0 aliphatic heterocycles. The van der Waals surface area contributed by atoms with Gasteiger partial charge in [0, 0.05) is 0 Å². The third-order valence-corrected chi connectivity index (χ3v) is 2.51. The summed E-state index contributed by atoms with van der Waals surface area (Å²) in [5.41, 5.74) is 1.12. The molecule has 0 radical (unpaired) electrons. The highest BCUT2D eigenvalue weighted by molar-refractivity contribution is 5.76. The summed E-state index contributed by atoms with van der Waals surface area (Å²) in [6.07, 6.45) is 3.30. The average molecular weight is 233 g/mol. The van der Waals surface area contributed by atoms with Gasteiger partial charge in [-0.15, -0.1) is 6.58 Å². The van der Waals surface area contributed by atoms with Crippen LogP contribution in [0.25, 0.3) is 0 Å². The first-order valence-corrected chi connectivity index (χ1v) is 5.74. The lowest BCUT2D eigenvalue weighted by molar-refractivity contribution is -0.143. The van der Waals surface area contributed by atoms with E-state index in [2.05, 4.69) is 11.9 Å². The van der Waals surface area contributed by atoms with Crippen molar-refractivity contribution in [3.63, 3.8) is 0 Å². The topological polar surface area (TPSA) is 38.3 Å². The third kappa shape index (κ3) is 4.83. The maximum atomic E-state index is 11.6. The van der Waals surface area contributed by atoms with Gasteiger partial charge in [0.05, 0.1) is 7.11 Å². The average Bonchev–Trinajstić information content (AvgIpc) is 2.38. The summed E-state index contributed by atoms with van der Waals surface area (Å²) in [4.78, 5) is 11.6. The summed E-state index contributed by atoms with van der Waals surface area (Å²) in [6.45, 7) is 4.38. The molecular formula is C14H19NO2. The lowest BCUT2D eigenvalue weighted by atomic mass is 10.1. The minimum absolute atomic E-state index is 0.224. The van der Waals surface area contributed by atoms with E-state index in [0.717, 1.165) is 18.5 Å². The fraction of sp³-hybridized carbons (Fsp3) is 0.357. The van der Waals surface area contributed by atoms with Gasteiger partial charge in [0.15, 0.2) is 0 Å². The van der Waals surface area contributed by atoms with E-state index in [-0.39, 0.29) is 12.0 Å². The fourth-order valence-electron chi connectivity index (χ4n) is 1.59. The lowest BCUT2D eigenvalue weighted by Crippen LogP contribution is -2.39. The molecule has 92 valence electrons. The molecule has 3 nitrogen and oxygen atoms in total. The summed E-state index contributed by atoms with van der Waals surface area (Å²) in [6, 6.07) is 9.61. The molecule has 0 amide bonds. The number of benzene rings is 1. The molecule has 17 heavy (non-hydrogen) atoms. The van der Waals surface area contributed by atoms with E-state index in [1.165, 1.54) is 7.11 Å². The number of carbonyl (C=O) groups is 1. The van der Waals surface area contributed by atoms with E-state index in [0.29, 0.717) is 6.42 Å². The van der Waals surface area contributed by atoms with Crippen molar-refractivity contribution in [1.82, 2.24) is 5.32 Å². The predicted octanol–water partition coefficient (Wildman–Crippen LogP) is 1.94. The fourth-order valence-corrected chi connectivity index (χ4v) is 1.59. The van der Waals surface area contributed by atoms with E-state index < -0.39 is 0 Å². The van der Waals surface area contributed by atoms with Crippen LogP contribution in [0.3, 0.4) is 0 Å². The van der Waals surface area contributed by atoms with Crippen molar-refractivity contribution in [3.05, 3.63) is 48.6 Å². The number of nitrogens with one attached hydrogen (secondary N) is 1. The smallest absolute Gasteiger partial charge is 0.323 e. The molecule has 0 fully saturated rings. The summed E-state index contributed by atoms with van der Waals surface area (Å²) >= 11 is 0. The number of esters is 1. The van der Waals surface area contributed by atoms with Crippen LogP contribution in [-0.4, -0.2) is 25.7 Å². The Balaban J connectivity index is 2.57. The maximum absolute atomic E-state index is 11.6. The Morgan fingerprint density at radius 2 is 2.18 bits per heavy atom. The molecule has 0 unspecified atom stereocenters. The van der Waals surface area contributed by atoms with Gasteiger partial charge in [-0.3, -0.25) is 4.79 Å². The zero-order valence-electron chi connectivity index (χ0n) is 10.2. The van der Waals surface area contributed by atoms with Crippen molar-refractivity contribution < 1.29 is 9.53 Å². The Kier molecular flexibility index (Phi) is 6.04. The third-order valence-electron chi connectivity index (χ3n) is 2.51. The molecule has 3 heteroatoms. The zero-order chi connectivity index (χ0) is 12.5. The van der Waals surface area contributed by atoms with Crippen molar-refractivity contribution in [3.8, 4) is 0 Å². The van der Waals surface area contributed by atoms with Gasteiger partial charge in [-0.2, -0.15) is 0 Å². The van der Waals surface area contributed by atoms with Crippen LogP contribution in [0.4, 0.5) is 0 Å². The van der Waals surface area contributed by atoms with Gasteiger partial charge >= 0.3 is 5.97 Å². The molecule has 0 saturated carbocycles. The molecule has 0 bridgehead atoms. The van der Waals surface area contributed by atoms with E-state index in [1.807, 2.05) is 36.4 Å². The van der Waals surface area contributed by atoms with E-state index in [4.69, 9.17) is 4.74 Å². The monoisotopic (exact) mass is 233 g/mol. The van der Waals surface area contributed by atoms with Crippen molar-refractivity contribution >= 4 is 5.97 Å². The quantitative estimate of drug-likeness (QED) is 0.444. The summed E-state index contributed by atoms with van der Waals surface area (Å²) in [7, 11) is 1.41. The lowest BCUT2D eigenvalue weighted by Gasteiger charge is -2.16. The van der Waals surface area contributed by atoms with Gasteiger partial charge in [-0.1, -0.05) is 36.4 Å². The molecular weight excluding hydrogens is 214 g/mol. The largest absolute Gasteiger partial charge is 0.468 e. The molecule has 0 heterocycles. The number of carbonyl (C=O) groups excluding carboxylic acids is 1. The van der Waals surface area contributed by atoms with Crippen LogP contribution in [-0.2, 0) is 16.0 Å². The van der Waals surface area contributed by atoms with Gasteiger partial charge in [0.1, 0.15) is 6.04 Å². The van der Waals surface area contributed by atoms with Gasteiger partial charge in [-0.05, 0) is 24.9 Å². The Morgan fingerprint density at radius 1 is 1.47 bits per heavy atom. The van der Waals surface area contributed by atoms with Gasteiger partial charge in [0.25, 0.3) is 0 Å². The van der Waals surface area contributed by atoms with Crippen molar-refractivity contribution in [2.75, 3.05) is 13.7 Å². The molecule has 1 aromatic carbocycles. The Bertz CT molecular complexity index is 348. The van der Waals surface area contributed by atoms with Crippen LogP contribution in [0, 0.1) is 0 Å². The van der Waals surface area contributed by atoms with E-state index in [9.17, 15) is 4.79 Å². The summed E-state index contributed by atoms with van der Waals surface area (Å²) < 4.78 is 4.79. The standard InChI is InChI=1S/C14H19NO2/c1-3-4-10-15-13(14(16)17-2)11-12-8-6-5-7-9-12/h3,5-9,13,15H,1,4,10-11H2,2H3/t13-/m0/s1. The van der Waals surface area contributed by atoms with Crippen LogP contribution in [0.1, 0.15) is 12.0 Å². The first-order valence-electron chi connectivity index (χ1n) is 5.74. The first kappa shape index (κ1) is 13.5. The molecule has 0 saturated heterocycles. The second-order valence-electron chi connectivity index (χ2n) is 3.80. The van der Waals surface area contributed by atoms with E-state index in [1.54, 1.807) is 0 Å². The molecule has 1 atom stereocenters. The van der Waals surface area contributed by atoms with Crippen molar-refractivity contribution in [1.29, 1.82) is 0 Å². The molecule has 0 spiro atoms. The Hall–Kier alpha value is -1.61. The molecule has 0 aliphatic rings. The minimum atomic E-state index is -0.289. The van der Waals surface area contributed by atoms with Gasteiger partial charge < -0.3 is 10.1 Å². The number of ether oxygens (including phenoxy) is 1. The first-order chi connectivity index (χ1) is 8.27. The van der Waals surface area contributed by atoms with E-state index >= 15 is 0 Å². The summed E-state index contributed by atoms with van der Waals surface area (Å²) in [5.74, 6) is -0.224.